The van der Waals surface area contributed by atoms with E-state index in [4.69, 9.17) is 14.1 Å². The number of halogens is 1. The minimum atomic E-state index is -0.508. The first kappa shape index (κ1) is 26.0. The summed E-state index contributed by atoms with van der Waals surface area (Å²) in [4.78, 5) is 25.1. The van der Waals surface area contributed by atoms with Gasteiger partial charge in [-0.15, -0.1) is 11.8 Å². The van der Waals surface area contributed by atoms with Crippen LogP contribution in [0.3, 0.4) is 0 Å². The summed E-state index contributed by atoms with van der Waals surface area (Å²) < 4.78 is 25.5. The summed E-state index contributed by atoms with van der Waals surface area (Å²) >= 11 is 1.76. The maximum atomic E-state index is 14.0. The average molecular weight is 546 g/mol. The molecule has 1 fully saturated rings. The molecule has 0 N–H and O–H groups in total. The molecule has 0 saturated heterocycles. The molecule has 2 aliphatic carbocycles. The first-order valence-corrected chi connectivity index (χ1v) is 14.7. The molecule has 1 atom stereocenters. The number of oxazole rings is 1. The van der Waals surface area contributed by atoms with Crippen molar-refractivity contribution in [1.29, 1.82) is 0 Å². The zero-order valence-corrected chi connectivity index (χ0v) is 23.2. The lowest BCUT2D eigenvalue weighted by atomic mass is 9.85. The molecule has 39 heavy (non-hydrogen) atoms. The third-order valence-electron chi connectivity index (χ3n) is 7.96. The van der Waals surface area contributed by atoms with E-state index in [1.54, 1.807) is 17.8 Å². The number of benzene rings is 1. The number of ether oxygens (including phenoxy) is 1. The lowest BCUT2D eigenvalue weighted by Crippen LogP contribution is -2.14. The fourth-order valence-electron chi connectivity index (χ4n) is 5.94. The summed E-state index contributed by atoms with van der Waals surface area (Å²) in [6.45, 7) is 4.14. The number of carbonyl (C=O) groups excluding carboxylic acids is 1. The highest BCUT2D eigenvalue weighted by molar-refractivity contribution is 7.99. The summed E-state index contributed by atoms with van der Waals surface area (Å²) in [6.07, 6.45) is 9.48. The predicted octanol–water partition coefficient (Wildman–Crippen LogP) is 7.50. The van der Waals surface area contributed by atoms with Gasteiger partial charge in [0.25, 0.3) is 0 Å². The maximum absolute atomic E-state index is 14.0. The monoisotopic (exact) mass is 545 g/mol. The van der Waals surface area contributed by atoms with Crippen LogP contribution in [-0.4, -0.2) is 33.3 Å². The van der Waals surface area contributed by atoms with Gasteiger partial charge in [-0.1, -0.05) is 31.9 Å². The maximum Gasteiger partial charge on any atom is 0.302 e. The van der Waals surface area contributed by atoms with Crippen molar-refractivity contribution in [2.75, 3.05) is 12.4 Å². The van der Waals surface area contributed by atoms with Gasteiger partial charge >= 0.3 is 5.97 Å². The third kappa shape index (κ3) is 5.57. The molecule has 1 aromatic carbocycles. The Hall–Kier alpha value is -3.26. The van der Waals surface area contributed by atoms with Gasteiger partial charge in [-0.3, -0.25) is 9.78 Å². The van der Waals surface area contributed by atoms with Crippen LogP contribution in [0.2, 0.25) is 0 Å². The molecule has 8 heteroatoms. The Morgan fingerprint density at radius 1 is 1.18 bits per heavy atom. The Kier molecular flexibility index (Phi) is 7.14. The predicted molar refractivity (Wildman–Crippen MR) is 151 cm³/mol. The molecule has 6 rings (SSSR count). The van der Waals surface area contributed by atoms with E-state index in [1.807, 2.05) is 24.4 Å². The standard InChI is InChI=1S/C31H32FN3O3S/c1-19(36)37-13-14-39-26-9-7-21-15-23(25-18-33-28(38-25)17-31(2)11-3-4-12-31)29(35-30(21)26)22-6-5-20-8-10-27(32)34-24(20)16-22/h5-6,8,10,15-16,18,26H,3-4,7,9,11-14,17H2,1-2H3. The zero-order valence-electron chi connectivity index (χ0n) is 22.3. The van der Waals surface area contributed by atoms with Gasteiger partial charge in [0.2, 0.25) is 5.95 Å². The molecule has 1 saturated carbocycles. The number of nitrogens with zero attached hydrogens (tertiary/aromatic N) is 3. The van der Waals surface area contributed by atoms with Gasteiger partial charge in [-0.05, 0) is 60.9 Å². The first-order chi connectivity index (χ1) is 18.9. The first-order valence-electron chi connectivity index (χ1n) is 13.7. The van der Waals surface area contributed by atoms with E-state index in [0.717, 1.165) is 53.1 Å². The van der Waals surface area contributed by atoms with E-state index in [0.29, 0.717) is 23.6 Å². The second-order valence-corrected chi connectivity index (χ2v) is 12.3. The molecular formula is C31H32FN3O3S. The molecule has 0 bridgehead atoms. The van der Waals surface area contributed by atoms with Crippen molar-refractivity contribution in [3.05, 3.63) is 65.7 Å². The summed E-state index contributed by atoms with van der Waals surface area (Å²) in [5.74, 6) is 1.41. The van der Waals surface area contributed by atoms with E-state index in [-0.39, 0.29) is 16.6 Å². The van der Waals surface area contributed by atoms with Gasteiger partial charge in [0.15, 0.2) is 11.7 Å². The van der Waals surface area contributed by atoms with Crippen molar-refractivity contribution in [2.24, 2.45) is 5.41 Å². The molecule has 3 heterocycles. The molecule has 0 radical (unpaired) electrons. The van der Waals surface area contributed by atoms with Crippen LogP contribution in [-0.2, 0) is 22.4 Å². The Labute approximate surface area is 231 Å². The topological polar surface area (TPSA) is 78.1 Å². The largest absolute Gasteiger partial charge is 0.465 e. The van der Waals surface area contributed by atoms with Gasteiger partial charge in [-0.25, -0.2) is 9.97 Å². The van der Waals surface area contributed by atoms with E-state index in [1.165, 1.54) is 44.2 Å². The minimum Gasteiger partial charge on any atom is -0.465 e. The van der Waals surface area contributed by atoms with E-state index in [2.05, 4.69) is 23.0 Å². The fraction of sp³-hybridized carbons (Fsp3) is 0.419. The summed E-state index contributed by atoms with van der Waals surface area (Å²) in [6, 6.07) is 11.2. The molecule has 6 nitrogen and oxygen atoms in total. The minimum absolute atomic E-state index is 0.215. The molecule has 4 aromatic rings. The molecule has 1 unspecified atom stereocenters. The van der Waals surface area contributed by atoms with Crippen molar-refractivity contribution < 1.29 is 18.3 Å². The van der Waals surface area contributed by atoms with Crippen LogP contribution in [0.1, 0.15) is 68.3 Å². The third-order valence-corrected chi connectivity index (χ3v) is 9.23. The smallest absolute Gasteiger partial charge is 0.302 e. The lowest BCUT2D eigenvalue weighted by molar-refractivity contribution is -0.140. The highest BCUT2D eigenvalue weighted by atomic mass is 32.2. The lowest BCUT2D eigenvalue weighted by Gasteiger charge is -2.20. The number of rotatable bonds is 8. The molecule has 2 aliphatic rings. The van der Waals surface area contributed by atoms with E-state index in [9.17, 15) is 9.18 Å². The number of aryl methyl sites for hydroxylation is 1. The molecule has 3 aromatic heterocycles. The number of hydrogen-bond acceptors (Lipinski definition) is 7. The Morgan fingerprint density at radius 3 is 2.82 bits per heavy atom. The summed E-state index contributed by atoms with van der Waals surface area (Å²) in [7, 11) is 0. The Morgan fingerprint density at radius 2 is 2.00 bits per heavy atom. The van der Waals surface area contributed by atoms with Crippen LogP contribution in [0, 0.1) is 11.4 Å². The van der Waals surface area contributed by atoms with Crippen molar-refractivity contribution in [1.82, 2.24) is 15.0 Å². The average Bonchev–Trinajstić information content (AvgIpc) is 3.65. The van der Waals surface area contributed by atoms with Crippen LogP contribution >= 0.6 is 11.8 Å². The Balaban J connectivity index is 1.38. The fourth-order valence-corrected chi connectivity index (χ4v) is 7.05. The highest BCUT2D eigenvalue weighted by Gasteiger charge is 2.32. The molecular weight excluding hydrogens is 513 g/mol. The van der Waals surface area contributed by atoms with Crippen molar-refractivity contribution in [3.63, 3.8) is 0 Å². The van der Waals surface area contributed by atoms with Gasteiger partial charge in [0, 0.05) is 40.9 Å². The van der Waals surface area contributed by atoms with Crippen LogP contribution < -0.4 is 0 Å². The number of carbonyl (C=O) groups is 1. The van der Waals surface area contributed by atoms with Crippen molar-refractivity contribution >= 4 is 28.6 Å². The number of thioether (sulfide) groups is 1. The normalized spacial score (nSPS) is 18.0. The quantitative estimate of drug-likeness (QED) is 0.129. The summed E-state index contributed by atoms with van der Waals surface area (Å²) in [5, 5.41) is 1.08. The second-order valence-electron chi connectivity index (χ2n) is 11.0. The number of aromatic nitrogens is 3. The summed E-state index contributed by atoms with van der Waals surface area (Å²) in [5.41, 5.74) is 5.60. The van der Waals surface area contributed by atoms with Gasteiger partial charge in [0.05, 0.1) is 23.1 Å². The van der Waals surface area contributed by atoms with Gasteiger partial charge in [0.1, 0.15) is 6.61 Å². The van der Waals surface area contributed by atoms with Crippen LogP contribution in [0.5, 0.6) is 0 Å². The van der Waals surface area contributed by atoms with Crippen LogP contribution in [0.25, 0.3) is 33.5 Å². The number of esters is 1. The molecule has 0 spiro atoms. The second kappa shape index (κ2) is 10.7. The van der Waals surface area contributed by atoms with Crippen LogP contribution in [0.4, 0.5) is 4.39 Å². The van der Waals surface area contributed by atoms with Crippen molar-refractivity contribution in [2.45, 2.75) is 64.0 Å². The number of pyridine rings is 2. The van der Waals surface area contributed by atoms with Gasteiger partial charge in [-0.2, -0.15) is 4.39 Å². The van der Waals surface area contributed by atoms with Gasteiger partial charge < -0.3 is 9.15 Å². The van der Waals surface area contributed by atoms with Crippen LogP contribution in [0.15, 0.2) is 47.0 Å². The molecule has 0 amide bonds. The highest BCUT2D eigenvalue weighted by Crippen LogP contribution is 2.45. The van der Waals surface area contributed by atoms with E-state index < -0.39 is 5.95 Å². The van der Waals surface area contributed by atoms with E-state index >= 15 is 0 Å². The Bertz CT molecular complexity index is 1530. The molecule has 202 valence electrons. The zero-order chi connectivity index (χ0) is 27.0. The SMILES string of the molecule is CC(=O)OCCSC1CCc2cc(-c3cnc(CC4(C)CCCC4)o3)c(-c3ccc4ccc(F)nc4c3)nc21. The van der Waals surface area contributed by atoms with Crippen molar-refractivity contribution in [3.8, 4) is 22.6 Å². The molecule has 0 aliphatic heterocycles. The number of fused-ring (bicyclic) bond motifs is 2. The number of hydrogen-bond donors (Lipinski definition) is 0.